The maximum absolute atomic E-state index is 11.8. The average Bonchev–Trinajstić information content (AvgIpc) is 2.01. The van der Waals surface area contributed by atoms with E-state index in [1.54, 1.807) is 6.92 Å². The van der Waals surface area contributed by atoms with Gasteiger partial charge in [0.25, 0.3) is 0 Å². The van der Waals surface area contributed by atoms with E-state index in [2.05, 4.69) is 5.32 Å². The van der Waals surface area contributed by atoms with E-state index in [9.17, 15) is 14.4 Å². The molecule has 2 aliphatic rings. The monoisotopic (exact) mass is 196 g/mol. The van der Waals surface area contributed by atoms with Gasteiger partial charge in [0.15, 0.2) is 0 Å². The molecule has 1 saturated heterocycles. The van der Waals surface area contributed by atoms with Gasteiger partial charge in [-0.25, -0.2) is 4.79 Å². The first-order chi connectivity index (χ1) is 6.62. The van der Waals surface area contributed by atoms with Crippen molar-refractivity contribution in [2.24, 2.45) is 5.41 Å². The van der Waals surface area contributed by atoms with Gasteiger partial charge in [0.1, 0.15) is 5.41 Å². The number of hydrogen-bond donors (Lipinski definition) is 1. The van der Waals surface area contributed by atoms with Crippen LogP contribution < -0.4 is 5.32 Å². The number of barbiturate groups is 1. The van der Waals surface area contributed by atoms with Gasteiger partial charge in [-0.3, -0.25) is 19.8 Å². The molecule has 1 N–H and O–H groups in total. The molecular formula is C9H12N2O3. The van der Waals surface area contributed by atoms with Crippen molar-refractivity contribution in [1.82, 2.24) is 10.2 Å². The first-order valence-electron chi connectivity index (χ1n) is 4.79. The summed E-state index contributed by atoms with van der Waals surface area (Å²) >= 11 is 0. The summed E-state index contributed by atoms with van der Waals surface area (Å²) in [5.74, 6) is -0.733. The Morgan fingerprint density at radius 3 is 2.43 bits per heavy atom. The van der Waals surface area contributed by atoms with Crippen LogP contribution in [0.15, 0.2) is 0 Å². The van der Waals surface area contributed by atoms with Crippen LogP contribution in [-0.4, -0.2) is 29.3 Å². The van der Waals surface area contributed by atoms with Gasteiger partial charge in [0.2, 0.25) is 11.8 Å². The fraction of sp³-hybridized carbons (Fsp3) is 0.667. The third-order valence-electron chi connectivity index (χ3n) is 3.08. The van der Waals surface area contributed by atoms with E-state index in [0.717, 1.165) is 11.3 Å². The highest BCUT2D eigenvalue weighted by molar-refractivity contribution is 6.19. The zero-order valence-electron chi connectivity index (χ0n) is 8.00. The average molecular weight is 196 g/mol. The Labute approximate surface area is 81.4 Å². The molecule has 2 fully saturated rings. The van der Waals surface area contributed by atoms with Crippen molar-refractivity contribution in [1.29, 1.82) is 0 Å². The molecule has 1 saturated carbocycles. The van der Waals surface area contributed by atoms with Crippen LogP contribution in [-0.2, 0) is 9.59 Å². The molecule has 5 heteroatoms. The predicted octanol–water partition coefficient (Wildman–Crippen LogP) is 0.255. The molecule has 1 spiro atoms. The van der Waals surface area contributed by atoms with Gasteiger partial charge >= 0.3 is 6.03 Å². The summed E-state index contributed by atoms with van der Waals surface area (Å²) in [4.78, 5) is 35.7. The molecule has 0 aromatic carbocycles. The largest absolute Gasteiger partial charge is 0.330 e. The summed E-state index contributed by atoms with van der Waals surface area (Å²) in [5.41, 5.74) is -0.913. The van der Waals surface area contributed by atoms with Crippen molar-refractivity contribution in [3.63, 3.8) is 0 Å². The Balaban J connectivity index is 2.31. The van der Waals surface area contributed by atoms with Crippen molar-refractivity contribution in [2.45, 2.75) is 26.2 Å². The van der Waals surface area contributed by atoms with Crippen LogP contribution in [0, 0.1) is 5.41 Å². The molecule has 4 amide bonds. The molecule has 76 valence electrons. The Morgan fingerprint density at radius 1 is 1.36 bits per heavy atom. The van der Waals surface area contributed by atoms with Crippen molar-refractivity contribution in [3.8, 4) is 0 Å². The topological polar surface area (TPSA) is 66.5 Å². The highest BCUT2D eigenvalue weighted by Crippen LogP contribution is 2.44. The summed E-state index contributed by atoms with van der Waals surface area (Å²) in [7, 11) is 0. The number of carbonyl (C=O) groups excluding carboxylic acids is 3. The van der Waals surface area contributed by atoms with Gasteiger partial charge in [-0.1, -0.05) is 6.42 Å². The molecular weight excluding hydrogens is 184 g/mol. The van der Waals surface area contributed by atoms with Crippen LogP contribution in [0.3, 0.4) is 0 Å². The van der Waals surface area contributed by atoms with Gasteiger partial charge in [0.05, 0.1) is 0 Å². The molecule has 0 unspecified atom stereocenters. The lowest BCUT2D eigenvalue weighted by Crippen LogP contribution is -2.65. The highest BCUT2D eigenvalue weighted by atomic mass is 16.2. The summed E-state index contributed by atoms with van der Waals surface area (Å²) < 4.78 is 0. The molecule has 1 aliphatic heterocycles. The van der Waals surface area contributed by atoms with E-state index in [4.69, 9.17) is 0 Å². The maximum Gasteiger partial charge on any atom is 0.330 e. The fourth-order valence-electron chi connectivity index (χ4n) is 1.99. The summed E-state index contributed by atoms with van der Waals surface area (Å²) in [5, 5.41) is 2.23. The van der Waals surface area contributed by atoms with Gasteiger partial charge in [-0.2, -0.15) is 0 Å². The molecule has 5 nitrogen and oxygen atoms in total. The van der Waals surface area contributed by atoms with E-state index in [0.29, 0.717) is 19.4 Å². The van der Waals surface area contributed by atoms with Crippen LogP contribution in [0.1, 0.15) is 26.2 Å². The second-order valence-electron chi connectivity index (χ2n) is 3.74. The summed E-state index contributed by atoms with van der Waals surface area (Å²) in [6.07, 6.45) is 2.02. The normalized spacial score (nSPS) is 24.9. The third-order valence-corrected chi connectivity index (χ3v) is 3.08. The van der Waals surface area contributed by atoms with Crippen LogP contribution in [0.4, 0.5) is 4.79 Å². The zero-order valence-corrected chi connectivity index (χ0v) is 8.00. The van der Waals surface area contributed by atoms with Crippen LogP contribution in [0.5, 0.6) is 0 Å². The second kappa shape index (κ2) is 2.80. The van der Waals surface area contributed by atoms with Crippen molar-refractivity contribution in [2.75, 3.05) is 6.54 Å². The first kappa shape index (κ1) is 9.18. The van der Waals surface area contributed by atoms with E-state index in [1.807, 2.05) is 0 Å². The Hall–Kier alpha value is -1.39. The number of nitrogens with one attached hydrogen (secondary N) is 1. The van der Waals surface area contributed by atoms with Crippen molar-refractivity contribution >= 4 is 17.8 Å². The Kier molecular flexibility index (Phi) is 1.83. The lowest BCUT2D eigenvalue weighted by molar-refractivity contribution is -0.157. The SMILES string of the molecule is CCN1C(=O)NC(=O)C2(CCC2)C1=O. The lowest BCUT2D eigenvalue weighted by Gasteiger charge is -2.44. The predicted molar refractivity (Wildman–Crippen MR) is 47.2 cm³/mol. The van der Waals surface area contributed by atoms with E-state index in [1.165, 1.54) is 0 Å². The fourth-order valence-corrected chi connectivity index (χ4v) is 1.99. The van der Waals surface area contributed by atoms with Gasteiger partial charge in [0, 0.05) is 6.54 Å². The molecule has 0 aromatic rings. The molecule has 1 aliphatic carbocycles. The molecule has 14 heavy (non-hydrogen) atoms. The maximum atomic E-state index is 11.8. The standard InChI is InChI=1S/C9H12N2O3/c1-2-11-7(13)9(4-3-5-9)6(12)10-8(11)14/h2-5H2,1H3,(H,10,12,14). The van der Waals surface area contributed by atoms with E-state index in [-0.39, 0.29) is 5.91 Å². The third kappa shape index (κ3) is 0.921. The van der Waals surface area contributed by atoms with Gasteiger partial charge < -0.3 is 0 Å². The number of imide groups is 2. The minimum atomic E-state index is -0.913. The number of nitrogens with zero attached hydrogens (tertiary/aromatic N) is 1. The quantitative estimate of drug-likeness (QED) is 0.611. The second-order valence-corrected chi connectivity index (χ2v) is 3.74. The number of rotatable bonds is 1. The van der Waals surface area contributed by atoms with E-state index < -0.39 is 17.4 Å². The molecule has 1 heterocycles. The number of hydrogen-bond acceptors (Lipinski definition) is 3. The molecule has 2 rings (SSSR count). The summed E-state index contributed by atoms with van der Waals surface area (Å²) in [6, 6.07) is -0.583. The van der Waals surface area contributed by atoms with Crippen LogP contribution in [0.2, 0.25) is 0 Å². The van der Waals surface area contributed by atoms with Gasteiger partial charge in [-0.15, -0.1) is 0 Å². The van der Waals surface area contributed by atoms with Crippen LogP contribution in [0.25, 0.3) is 0 Å². The first-order valence-corrected chi connectivity index (χ1v) is 4.79. The van der Waals surface area contributed by atoms with Crippen molar-refractivity contribution < 1.29 is 14.4 Å². The van der Waals surface area contributed by atoms with Crippen molar-refractivity contribution in [3.05, 3.63) is 0 Å². The molecule has 0 atom stereocenters. The van der Waals surface area contributed by atoms with Crippen LogP contribution >= 0.6 is 0 Å². The number of carbonyl (C=O) groups is 3. The van der Waals surface area contributed by atoms with E-state index >= 15 is 0 Å². The Morgan fingerprint density at radius 2 is 2.00 bits per heavy atom. The Bertz CT molecular complexity index is 320. The summed E-state index contributed by atoms with van der Waals surface area (Å²) in [6.45, 7) is 2.04. The molecule has 0 aromatic heterocycles. The number of amides is 4. The minimum absolute atomic E-state index is 0.319. The number of urea groups is 1. The smallest absolute Gasteiger partial charge is 0.277 e. The minimum Gasteiger partial charge on any atom is -0.277 e. The molecule has 0 bridgehead atoms. The highest BCUT2D eigenvalue weighted by Gasteiger charge is 2.56. The zero-order chi connectivity index (χ0) is 10.3. The van der Waals surface area contributed by atoms with Gasteiger partial charge in [-0.05, 0) is 19.8 Å². The lowest BCUT2D eigenvalue weighted by atomic mass is 9.66. The molecule has 0 radical (unpaired) electrons.